The minimum atomic E-state index is -4.57. The molecule has 1 rings (SSSR count). The van der Waals surface area contributed by atoms with E-state index >= 15 is 0 Å². The topological polar surface area (TPSA) is 49.3 Å². The lowest BCUT2D eigenvalue weighted by atomic mass is 9.99. The van der Waals surface area contributed by atoms with Gasteiger partial charge >= 0.3 is 12.1 Å². The van der Waals surface area contributed by atoms with Gasteiger partial charge in [-0.25, -0.2) is 0 Å². The summed E-state index contributed by atoms with van der Waals surface area (Å²) >= 11 is 0. The van der Waals surface area contributed by atoms with Gasteiger partial charge in [-0.3, -0.25) is 4.79 Å². The van der Waals surface area contributed by atoms with Crippen molar-refractivity contribution in [1.82, 2.24) is 5.32 Å². The Labute approximate surface area is 115 Å². The van der Waals surface area contributed by atoms with Gasteiger partial charge in [-0.2, -0.15) is 13.2 Å². The molecule has 0 saturated heterocycles. The largest absolute Gasteiger partial charge is 0.480 e. The van der Waals surface area contributed by atoms with Crippen molar-refractivity contribution in [3.63, 3.8) is 0 Å². The highest BCUT2D eigenvalue weighted by Crippen LogP contribution is 2.34. The van der Waals surface area contributed by atoms with Gasteiger partial charge in [0.1, 0.15) is 6.04 Å². The summed E-state index contributed by atoms with van der Waals surface area (Å²) in [5.74, 6) is -0.972. The lowest BCUT2D eigenvalue weighted by Gasteiger charge is -2.20. The first-order valence-corrected chi connectivity index (χ1v) is 6.35. The van der Waals surface area contributed by atoms with Gasteiger partial charge in [-0.1, -0.05) is 32.0 Å². The van der Waals surface area contributed by atoms with Crippen LogP contribution in [0.4, 0.5) is 13.2 Å². The fourth-order valence-corrected chi connectivity index (χ4v) is 1.85. The maximum atomic E-state index is 12.9. The van der Waals surface area contributed by atoms with Crippen LogP contribution in [0.5, 0.6) is 0 Å². The van der Waals surface area contributed by atoms with Crippen LogP contribution in [-0.2, 0) is 11.0 Å². The summed E-state index contributed by atoms with van der Waals surface area (Å²) in [5, 5.41) is 11.8. The van der Waals surface area contributed by atoms with Crippen LogP contribution in [0.3, 0.4) is 0 Å². The number of carboxylic acid groups (broad SMARTS) is 1. The highest BCUT2D eigenvalue weighted by atomic mass is 19.4. The van der Waals surface area contributed by atoms with Crippen LogP contribution >= 0.6 is 0 Å². The van der Waals surface area contributed by atoms with Gasteiger partial charge in [0.15, 0.2) is 0 Å². The third-order valence-electron chi connectivity index (χ3n) is 2.89. The van der Waals surface area contributed by atoms with Crippen molar-refractivity contribution in [1.29, 1.82) is 0 Å². The van der Waals surface area contributed by atoms with E-state index in [1.807, 2.05) is 13.8 Å². The van der Waals surface area contributed by atoms with Gasteiger partial charge in [0.2, 0.25) is 0 Å². The molecule has 3 nitrogen and oxygen atoms in total. The zero-order valence-electron chi connectivity index (χ0n) is 11.4. The monoisotopic (exact) mass is 289 g/mol. The second-order valence-electron chi connectivity index (χ2n) is 4.99. The second-order valence-corrected chi connectivity index (χ2v) is 4.99. The van der Waals surface area contributed by atoms with Crippen LogP contribution in [0.25, 0.3) is 0 Å². The third-order valence-corrected chi connectivity index (χ3v) is 2.89. The van der Waals surface area contributed by atoms with Gasteiger partial charge in [-0.05, 0) is 30.5 Å². The molecule has 0 aliphatic heterocycles. The Morgan fingerprint density at radius 1 is 1.30 bits per heavy atom. The number of carboxylic acids is 1. The van der Waals surface area contributed by atoms with Crippen molar-refractivity contribution in [2.45, 2.75) is 32.5 Å². The van der Waals surface area contributed by atoms with Crippen molar-refractivity contribution >= 4 is 5.97 Å². The van der Waals surface area contributed by atoms with E-state index < -0.39 is 23.8 Å². The molecular weight excluding hydrogens is 271 g/mol. The molecule has 1 aromatic carbocycles. The molecule has 0 fully saturated rings. The lowest BCUT2D eigenvalue weighted by molar-refractivity contribution is -0.142. The van der Waals surface area contributed by atoms with Crippen LogP contribution in [0.2, 0.25) is 0 Å². The number of rotatable bonds is 6. The number of benzene rings is 1. The van der Waals surface area contributed by atoms with Crippen molar-refractivity contribution in [2.24, 2.45) is 5.92 Å². The van der Waals surface area contributed by atoms with Gasteiger partial charge in [0.05, 0.1) is 5.56 Å². The van der Waals surface area contributed by atoms with Gasteiger partial charge in [0.25, 0.3) is 0 Å². The molecule has 1 unspecified atom stereocenters. The Morgan fingerprint density at radius 2 is 1.90 bits per heavy atom. The van der Waals surface area contributed by atoms with E-state index in [2.05, 4.69) is 5.32 Å². The van der Waals surface area contributed by atoms with Crippen LogP contribution in [-0.4, -0.2) is 17.6 Å². The Kier molecular flexibility index (Phi) is 5.56. The molecule has 0 bridgehead atoms. The molecule has 112 valence electrons. The number of aliphatic carboxylic acids is 1. The van der Waals surface area contributed by atoms with Crippen LogP contribution in [0.15, 0.2) is 24.3 Å². The van der Waals surface area contributed by atoms with E-state index in [-0.39, 0.29) is 5.56 Å². The van der Waals surface area contributed by atoms with Crippen LogP contribution in [0, 0.1) is 5.92 Å². The van der Waals surface area contributed by atoms with Gasteiger partial charge in [0, 0.05) is 0 Å². The zero-order chi connectivity index (χ0) is 15.3. The van der Waals surface area contributed by atoms with E-state index in [0.29, 0.717) is 18.9 Å². The molecule has 1 aromatic rings. The van der Waals surface area contributed by atoms with E-state index in [1.54, 1.807) is 0 Å². The Morgan fingerprint density at radius 3 is 2.40 bits per heavy atom. The molecule has 0 radical (unpaired) electrons. The molecule has 20 heavy (non-hydrogen) atoms. The number of carbonyl (C=O) groups is 1. The molecule has 0 amide bonds. The summed E-state index contributed by atoms with van der Waals surface area (Å²) < 4.78 is 38.7. The van der Waals surface area contributed by atoms with Crippen molar-refractivity contribution in [2.75, 3.05) is 6.54 Å². The Hall–Kier alpha value is -1.56. The molecule has 0 heterocycles. The van der Waals surface area contributed by atoms with Gasteiger partial charge < -0.3 is 10.4 Å². The predicted octanol–water partition coefficient (Wildman–Crippen LogP) is 3.47. The number of nitrogens with one attached hydrogen (secondary N) is 1. The molecular formula is C14H18F3NO2. The molecule has 0 aromatic heterocycles. The molecule has 2 N–H and O–H groups in total. The molecule has 6 heteroatoms. The quantitative estimate of drug-likeness (QED) is 0.843. The average molecular weight is 289 g/mol. The Bertz CT molecular complexity index is 458. The number of alkyl halides is 3. The molecule has 0 aliphatic carbocycles. The predicted molar refractivity (Wildman–Crippen MR) is 69.3 cm³/mol. The van der Waals surface area contributed by atoms with E-state index in [9.17, 15) is 18.0 Å². The van der Waals surface area contributed by atoms with Crippen molar-refractivity contribution in [3.8, 4) is 0 Å². The standard InChI is InChI=1S/C14H18F3NO2/c1-9(2)7-8-18-12(13(19)20)10-5-3-4-6-11(10)14(15,16)17/h3-6,9,12,18H,7-8H2,1-2H3,(H,19,20). The minimum absolute atomic E-state index is 0.253. The normalized spacial score (nSPS) is 13.5. The van der Waals surface area contributed by atoms with Crippen molar-refractivity contribution in [3.05, 3.63) is 35.4 Å². The summed E-state index contributed by atoms with van der Waals surface area (Å²) in [6, 6.07) is 3.40. The SMILES string of the molecule is CC(C)CCNC(C(=O)O)c1ccccc1C(F)(F)F. The van der Waals surface area contributed by atoms with Crippen LogP contribution < -0.4 is 5.32 Å². The minimum Gasteiger partial charge on any atom is -0.480 e. The molecule has 1 atom stereocenters. The number of halogens is 3. The van der Waals surface area contributed by atoms with E-state index in [1.165, 1.54) is 18.2 Å². The highest BCUT2D eigenvalue weighted by Gasteiger charge is 2.36. The summed E-state index contributed by atoms with van der Waals surface area (Å²) in [4.78, 5) is 11.2. The van der Waals surface area contributed by atoms with Crippen LogP contribution in [0.1, 0.15) is 37.4 Å². The summed E-state index contributed by atoms with van der Waals surface area (Å²) in [7, 11) is 0. The third kappa shape index (κ3) is 4.52. The second kappa shape index (κ2) is 6.74. The fraction of sp³-hybridized carbons (Fsp3) is 0.500. The highest BCUT2D eigenvalue weighted by molar-refractivity contribution is 5.76. The Balaban J connectivity index is 3.01. The maximum absolute atomic E-state index is 12.9. The molecule has 0 saturated carbocycles. The number of hydrogen-bond donors (Lipinski definition) is 2. The lowest BCUT2D eigenvalue weighted by Crippen LogP contribution is -2.31. The molecule has 0 aliphatic rings. The fourth-order valence-electron chi connectivity index (χ4n) is 1.85. The first-order chi connectivity index (χ1) is 9.23. The first-order valence-electron chi connectivity index (χ1n) is 6.35. The molecule has 0 spiro atoms. The van der Waals surface area contributed by atoms with E-state index in [0.717, 1.165) is 6.07 Å². The maximum Gasteiger partial charge on any atom is 0.416 e. The van der Waals surface area contributed by atoms with Crippen molar-refractivity contribution < 1.29 is 23.1 Å². The first kappa shape index (κ1) is 16.5. The van der Waals surface area contributed by atoms with E-state index in [4.69, 9.17) is 5.11 Å². The van der Waals surface area contributed by atoms with Gasteiger partial charge in [-0.15, -0.1) is 0 Å². The summed E-state index contributed by atoms with van der Waals surface area (Å²) in [6.45, 7) is 4.27. The zero-order valence-corrected chi connectivity index (χ0v) is 11.4. The number of hydrogen-bond acceptors (Lipinski definition) is 2. The summed E-state index contributed by atoms with van der Waals surface area (Å²) in [5.41, 5.74) is -1.17. The summed E-state index contributed by atoms with van der Waals surface area (Å²) in [6.07, 6.45) is -3.87. The average Bonchev–Trinajstić information content (AvgIpc) is 2.33. The smallest absolute Gasteiger partial charge is 0.416 e.